The lowest BCUT2D eigenvalue weighted by Crippen LogP contribution is -2.28. The lowest BCUT2D eigenvalue weighted by atomic mass is 10.4. The van der Waals surface area contributed by atoms with Crippen LogP contribution in [0.4, 0.5) is 0 Å². The van der Waals surface area contributed by atoms with E-state index in [9.17, 15) is 0 Å². The molecule has 0 aromatic carbocycles. The molecule has 1 unspecified atom stereocenters. The van der Waals surface area contributed by atoms with E-state index in [2.05, 4.69) is 20.1 Å². The van der Waals surface area contributed by atoms with Crippen molar-refractivity contribution in [2.24, 2.45) is 4.99 Å². The fraction of sp³-hybridized carbons (Fsp3) is 0.571. The molecular formula is C7H11ClN4. The summed E-state index contributed by atoms with van der Waals surface area (Å²) in [6.07, 6.45) is 1.64. The van der Waals surface area contributed by atoms with Gasteiger partial charge in [-0.3, -0.25) is 0 Å². The summed E-state index contributed by atoms with van der Waals surface area (Å²) in [5, 5.41) is 3.08. The Hall–Kier alpha value is -0.900. The Labute approximate surface area is 76.5 Å². The van der Waals surface area contributed by atoms with Gasteiger partial charge >= 0.3 is 0 Å². The Morgan fingerprint density at radius 3 is 3.00 bits per heavy atom. The predicted molar refractivity (Wildman–Crippen MR) is 48.7 cm³/mol. The Kier molecular flexibility index (Phi) is 1.65. The summed E-state index contributed by atoms with van der Waals surface area (Å²) < 4.78 is 0. The van der Waals surface area contributed by atoms with Crippen molar-refractivity contribution < 1.29 is 0 Å². The first-order chi connectivity index (χ1) is 5.70. The Morgan fingerprint density at radius 1 is 1.58 bits per heavy atom. The zero-order chi connectivity index (χ0) is 8.72. The third-order valence-corrected chi connectivity index (χ3v) is 2.41. The molecule has 0 amide bonds. The van der Waals surface area contributed by atoms with E-state index < -0.39 is 0 Å². The minimum absolute atomic E-state index is 0.240. The van der Waals surface area contributed by atoms with Gasteiger partial charge in [0.25, 0.3) is 0 Å². The molecule has 1 N–H and O–H groups in total. The van der Waals surface area contributed by atoms with Crippen LogP contribution in [0.5, 0.6) is 0 Å². The summed E-state index contributed by atoms with van der Waals surface area (Å²) in [6, 6.07) is 0. The van der Waals surface area contributed by atoms with E-state index in [1.54, 1.807) is 6.34 Å². The molecule has 0 radical (unpaired) electrons. The van der Waals surface area contributed by atoms with Gasteiger partial charge in [-0.2, -0.15) is 0 Å². The molecule has 12 heavy (non-hydrogen) atoms. The molecule has 0 aliphatic carbocycles. The first-order valence-corrected chi connectivity index (χ1v) is 4.22. The number of nitrogens with zero attached hydrogens (tertiary/aromatic N) is 3. The SMILES string of the molecule is CN1CN(C)C2=C1NC=NC2Cl. The van der Waals surface area contributed by atoms with Gasteiger partial charge < -0.3 is 15.1 Å². The molecule has 0 fully saturated rings. The van der Waals surface area contributed by atoms with Crippen LogP contribution in [-0.2, 0) is 0 Å². The normalized spacial score (nSPS) is 27.8. The Morgan fingerprint density at radius 2 is 2.33 bits per heavy atom. The first kappa shape index (κ1) is 7.73. The number of halogens is 1. The van der Waals surface area contributed by atoms with E-state index in [1.165, 1.54) is 0 Å². The highest BCUT2D eigenvalue weighted by Crippen LogP contribution is 2.26. The monoisotopic (exact) mass is 186 g/mol. The van der Waals surface area contributed by atoms with Gasteiger partial charge in [-0.1, -0.05) is 11.6 Å². The third kappa shape index (κ3) is 0.948. The van der Waals surface area contributed by atoms with E-state index in [-0.39, 0.29) is 5.50 Å². The molecule has 0 aromatic rings. The van der Waals surface area contributed by atoms with Crippen molar-refractivity contribution >= 4 is 17.9 Å². The molecule has 0 saturated heterocycles. The van der Waals surface area contributed by atoms with Gasteiger partial charge in [0, 0.05) is 14.1 Å². The third-order valence-electron chi connectivity index (χ3n) is 2.09. The largest absolute Gasteiger partial charge is 0.354 e. The van der Waals surface area contributed by atoms with Crippen LogP contribution in [0.3, 0.4) is 0 Å². The maximum Gasteiger partial charge on any atom is 0.168 e. The van der Waals surface area contributed by atoms with E-state index in [4.69, 9.17) is 11.6 Å². The van der Waals surface area contributed by atoms with Crippen LogP contribution < -0.4 is 5.32 Å². The second-order valence-corrected chi connectivity index (χ2v) is 3.44. The highest BCUT2D eigenvalue weighted by atomic mass is 35.5. The number of likely N-dealkylation sites (N-methyl/N-ethyl adjacent to an activating group) is 1. The summed E-state index contributed by atoms with van der Waals surface area (Å²) in [4.78, 5) is 8.26. The number of rotatable bonds is 0. The lowest BCUT2D eigenvalue weighted by Gasteiger charge is -2.19. The molecule has 5 heteroatoms. The summed E-state index contributed by atoms with van der Waals surface area (Å²) in [6.45, 7) is 0.865. The lowest BCUT2D eigenvalue weighted by molar-refractivity contribution is 0.312. The summed E-state index contributed by atoms with van der Waals surface area (Å²) in [5.74, 6) is 1.06. The maximum absolute atomic E-state index is 6.01. The number of hydrogen-bond donors (Lipinski definition) is 1. The topological polar surface area (TPSA) is 30.9 Å². The maximum atomic E-state index is 6.01. The van der Waals surface area contributed by atoms with Crippen LogP contribution in [-0.4, -0.2) is 42.4 Å². The van der Waals surface area contributed by atoms with Crippen LogP contribution in [0.1, 0.15) is 0 Å². The quantitative estimate of drug-likeness (QED) is 0.433. The van der Waals surface area contributed by atoms with Crippen molar-refractivity contribution in [2.75, 3.05) is 20.8 Å². The molecule has 0 aromatic heterocycles. The average Bonchev–Trinajstić information content (AvgIpc) is 2.29. The summed E-state index contributed by atoms with van der Waals surface area (Å²) in [7, 11) is 4.03. The summed E-state index contributed by atoms with van der Waals surface area (Å²) >= 11 is 6.01. The zero-order valence-electron chi connectivity index (χ0n) is 7.08. The minimum atomic E-state index is -0.240. The van der Waals surface area contributed by atoms with Crippen molar-refractivity contribution in [2.45, 2.75) is 5.50 Å². The van der Waals surface area contributed by atoms with Gasteiger partial charge in [-0.05, 0) is 0 Å². The van der Waals surface area contributed by atoms with Crippen LogP contribution in [0.2, 0.25) is 0 Å². The molecule has 0 spiro atoms. The second kappa shape index (κ2) is 2.55. The Balaban J connectivity index is 2.34. The highest BCUT2D eigenvalue weighted by molar-refractivity contribution is 6.22. The van der Waals surface area contributed by atoms with Crippen molar-refractivity contribution in [1.82, 2.24) is 15.1 Å². The molecular weight excluding hydrogens is 176 g/mol. The van der Waals surface area contributed by atoms with Gasteiger partial charge in [0.15, 0.2) is 5.50 Å². The molecule has 66 valence electrons. The van der Waals surface area contributed by atoms with Gasteiger partial charge in [0.1, 0.15) is 5.82 Å². The van der Waals surface area contributed by atoms with E-state index in [0.29, 0.717) is 0 Å². The summed E-state index contributed by atoms with van der Waals surface area (Å²) in [5.41, 5.74) is 0.817. The van der Waals surface area contributed by atoms with Crippen molar-refractivity contribution in [3.63, 3.8) is 0 Å². The molecule has 0 saturated carbocycles. The molecule has 2 rings (SSSR count). The van der Waals surface area contributed by atoms with Gasteiger partial charge in [-0.25, -0.2) is 4.99 Å². The fourth-order valence-corrected chi connectivity index (χ4v) is 1.88. The van der Waals surface area contributed by atoms with Crippen LogP contribution in [0.25, 0.3) is 0 Å². The fourth-order valence-electron chi connectivity index (χ4n) is 1.55. The average molecular weight is 187 g/mol. The van der Waals surface area contributed by atoms with E-state index >= 15 is 0 Å². The molecule has 2 aliphatic heterocycles. The number of aliphatic imine (C=N–C) groups is 1. The van der Waals surface area contributed by atoms with Crippen molar-refractivity contribution in [1.29, 1.82) is 0 Å². The van der Waals surface area contributed by atoms with Gasteiger partial charge in [0.05, 0.1) is 18.7 Å². The molecule has 1 atom stereocenters. The molecule has 4 nitrogen and oxygen atoms in total. The van der Waals surface area contributed by atoms with Gasteiger partial charge in [-0.15, -0.1) is 0 Å². The smallest absolute Gasteiger partial charge is 0.168 e. The Bertz CT molecular complexity index is 260. The first-order valence-electron chi connectivity index (χ1n) is 3.79. The van der Waals surface area contributed by atoms with Crippen molar-refractivity contribution in [3.8, 4) is 0 Å². The van der Waals surface area contributed by atoms with Crippen LogP contribution in [0, 0.1) is 0 Å². The predicted octanol–water partition coefficient (Wildman–Crippen LogP) is 0.187. The minimum Gasteiger partial charge on any atom is -0.354 e. The van der Waals surface area contributed by atoms with Crippen LogP contribution in [0.15, 0.2) is 16.5 Å². The molecule has 0 bridgehead atoms. The molecule has 2 heterocycles. The van der Waals surface area contributed by atoms with E-state index in [1.807, 2.05) is 14.1 Å². The van der Waals surface area contributed by atoms with Gasteiger partial charge in [0.2, 0.25) is 0 Å². The highest BCUT2D eigenvalue weighted by Gasteiger charge is 2.30. The standard InChI is InChI=1S/C7H11ClN4/c1-11-4-12(2)7-5(11)6(8)9-3-10-7/h3,6H,4H2,1-2H3,(H,9,10). The van der Waals surface area contributed by atoms with Crippen LogP contribution >= 0.6 is 11.6 Å². The van der Waals surface area contributed by atoms with E-state index in [0.717, 1.165) is 18.2 Å². The number of alkyl halides is 1. The second-order valence-electron chi connectivity index (χ2n) is 3.03. The number of nitrogens with one attached hydrogen (secondary N) is 1. The zero-order valence-corrected chi connectivity index (χ0v) is 7.84. The number of hydrogen-bond acceptors (Lipinski definition) is 4. The van der Waals surface area contributed by atoms with Crippen molar-refractivity contribution in [3.05, 3.63) is 11.5 Å². The molecule has 2 aliphatic rings.